The van der Waals surface area contributed by atoms with E-state index in [1.807, 2.05) is 20.8 Å². The van der Waals surface area contributed by atoms with Gasteiger partial charge in [0.15, 0.2) is 0 Å². The third kappa shape index (κ3) is 3.71. The fourth-order valence-corrected chi connectivity index (χ4v) is 1.63. The minimum absolute atomic E-state index is 0.0943. The maximum atomic E-state index is 8.89. The SMILES string of the molecule is CC(N)c1ccn(CCCC(C)(C)C#N)c1. The Balaban J connectivity index is 2.41. The summed E-state index contributed by atoms with van der Waals surface area (Å²) in [6, 6.07) is 4.47. The van der Waals surface area contributed by atoms with Gasteiger partial charge < -0.3 is 10.3 Å². The van der Waals surface area contributed by atoms with Crippen LogP contribution in [0.5, 0.6) is 0 Å². The van der Waals surface area contributed by atoms with Gasteiger partial charge >= 0.3 is 0 Å². The highest BCUT2D eigenvalue weighted by molar-refractivity contribution is 5.13. The Morgan fingerprint density at radius 3 is 2.75 bits per heavy atom. The zero-order valence-electron chi connectivity index (χ0n) is 10.4. The van der Waals surface area contributed by atoms with Crippen molar-refractivity contribution in [3.8, 4) is 6.07 Å². The molecule has 1 atom stereocenters. The molecule has 0 amide bonds. The monoisotopic (exact) mass is 219 g/mol. The van der Waals surface area contributed by atoms with Crippen molar-refractivity contribution in [2.75, 3.05) is 0 Å². The van der Waals surface area contributed by atoms with Crippen LogP contribution in [-0.4, -0.2) is 4.57 Å². The van der Waals surface area contributed by atoms with E-state index in [1.165, 1.54) is 5.56 Å². The lowest BCUT2D eigenvalue weighted by Gasteiger charge is -2.14. The van der Waals surface area contributed by atoms with Crippen LogP contribution in [0.1, 0.15) is 45.2 Å². The minimum Gasteiger partial charge on any atom is -0.354 e. The quantitative estimate of drug-likeness (QED) is 0.827. The average Bonchev–Trinajstić information content (AvgIpc) is 2.66. The van der Waals surface area contributed by atoms with Gasteiger partial charge in [-0.3, -0.25) is 0 Å². The molecule has 1 heterocycles. The van der Waals surface area contributed by atoms with Crippen molar-refractivity contribution < 1.29 is 0 Å². The van der Waals surface area contributed by atoms with Crippen molar-refractivity contribution in [3.05, 3.63) is 24.0 Å². The molecule has 1 aromatic rings. The van der Waals surface area contributed by atoms with Crippen molar-refractivity contribution in [2.45, 2.75) is 46.2 Å². The molecule has 1 aromatic heterocycles. The molecule has 0 aromatic carbocycles. The Labute approximate surface area is 97.9 Å². The Bertz CT molecular complexity index is 369. The number of rotatable bonds is 5. The molecule has 0 radical (unpaired) electrons. The Kier molecular flexibility index (Phi) is 4.14. The number of nitrogens with zero attached hydrogens (tertiary/aromatic N) is 2. The molecule has 1 rings (SSSR count). The molecule has 16 heavy (non-hydrogen) atoms. The highest BCUT2D eigenvalue weighted by Gasteiger charge is 2.15. The van der Waals surface area contributed by atoms with E-state index in [0.29, 0.717) is 0 Å². The van der Waals surface area contributed by atoms with Crippen LogP contribution in [0, 0.1) is 16.7 Å². The number of hydrogen-bond donors (Lipinski definition) is 1. The van der Waals surface area contributed by atoms with Gasteiger partial charge in [-0.25, -0.2) is 0 Å². The molecule has 0 bridgehead atoms. The Morgan fingerprint density at radius 2 is 2.25 bits per heavy atom. The lowest BCUT2D eigenvalue weighted by atomic mass is 9.90. The molecule has 0 spiro atoms. The first-order valence-corrected chi connectivity index (χ1v) is 5.77. The lowest BCUT2D eigenvalue weighted by Crippen LogP contribution is -2.09. The molecule has 88 valence electrons. The molecule has 3 heteroatoms. The van der Waals surface area contributed by atoms with Crippen molar-refractivity contribution in [1.29, 1.82) is 5.26 Å². The molecule has 2 N–H and O–H groups in total. The zero-order valence-corrected chi connectivity index (χ0v) is 10.4. The molecule has 1 unspecified atom stereocenters. The van der Waals surface area contributed by atoms with Crippen LogP contribution >= 0.6 is 0 Å². The number of aryl methyl sites for hydroxylation is 1. The van der Waals surface area contributed by atoms with Crippen molar-refractivity contribution in [3.63, 3.8) is 0 Å². The van der Waals surface area contributed by atoms with Gasteiger partial charge in [0, 0.05) is 25.0 Å². The third-order valence-electron chi connectivity index (χ3n) is 2.82. The number of hydrogen-bond acceptors (Lipinski definition) is 2. The van der Waals surface area contributed by atoms with Gasteiger partial charge in [0.25, 0.3) is 0 Å². The van der Waals surface area contributed by atoms with Crippen molar-refractivity contribution in [2.24, 2.45) is 11.1 Å². The third-order valence-corrected chi connectivity index (χ3v) is 2.82. The van der Waals surface area contributed by atoms with Gasteiger partial charge in [-0.15, -0.1) is 0 Å². The standard InChI is InChI=1S/C13H21N3/c1-11(15)12-5-8-16(9-12)7-4-6-13(2,3)10-14/h5,8-9,11H,4,6-7,15H2,1-3H3. The van der Waals surface area contributed by atoms with Crippen molar-refractivity contribution >= 4 is 0 Å². The maximum absolute atomic E-state index is 8.89. The summed E-state index contributed by atoms with van der Waals surface area (Å²) < 4.78 is 2.14. The largest absolute Gasteiger partial charge is 0.354 e. The van der Waals surface area contributed by atoms with Crippen LogP contribution in [0.25, 0.3) is 0 Å². The van der Waals surface area contributed by atoms with E-state index in [-0.39, 0.29) is 11.5 Å². The van der Waals surface area contributed by atoms with E-state index >= 15 is 0 Å². The summed E-state index contributed by atoms with van der Waals surface area (Å²) in [5.41, 5.74) is 6.75. The topological polar surface area (TPSA) is 54.7 Å². The maximum Gasteiger partial charge on any atom is 0.0683 e. The summed E-state index contributed by atoms with van der Waals surface area (Å²) in [6.07, 6.45) is 6.09. The molecular formula is C13H21N3. The van der Waals surface area contributed by atoms with Gasteiger partial charge in [-0.05, 0) is 45.2 Å². The van der Waals surface area contributed by atoms with E-state index < -0.39 is 0 Å². The van der Waals surface area contributed by atoms with Gasteiger partial charge in [0.2, 0.25) is 0 Å². The van der Waals surface area contributed by atoms with Crippen LogP contribution in [0.4, 0.5) is 0 Å². The second kappa shape index (κ2) is 5.18. The predicted molar refractivity (Wildman–Crippen MR) is 65.7 cm³/mol. The molecule has 0 fully saturated rings. The molecule has 0 aliphatic heterocycles. The highest BCUT2D eigenvalue weighted by Crippen LogP contribution is 2.21. The Morgan fingerprint density at radius 1 is 1.56 bits per heavy atom. The Hall–Kier alpha value is -1.27. The fourth-order valence-electron chi connectivity index (χ4n) is 1.63. The first kappa shape index (κ1) is 12.8. The van der Waals surface area contributed by atoms with Gasteiger partial charge in [0.1, 0.15) is 0 Å². The summed E-state index contributed by atoms with van der Waals surface area (Å²) in [6.45, 7) is 6.91. The van der Waals surface area contributed by atoms with Crippen LogP contribution in [0.15, 0.2) is 18.5 Å². The van der Waals surface area contributed by atoms with E-state index in [0.717, 1.165) is 19.4 Å². The van der Waals surface area contributed by atoms with E-state index in [4.69, 9.17) is 11.0 Å². The molecule has 0 saturated carbocycles. The first-order chi connectivity index (χ1) is 7.44. The zero-order chi connectivity index (χ0) is 12.2. The summed E-state index contributed by atoms with van der Waals surface area (Å²) in [7, 11) is 0. The van der Waals surface area contributed by atoms with Gasteiger partial charge in [-0.1, -0.05) is 0 Å². The van der Waals surface area contributed by atoms with Gasteiger partial charge in [0.05, 0.1) is 11.5 Å². The molecule has 0 saturated heterocycles. The number of aromatic nitrogens is 1. The second-order valence-electron chi connectivity index (χ2n) is 5.07. The molecular weight excluding hydrogens is 198 g/mol. The van der Waals surface area contributed by atoms with E-state index in [2.05, 4.69) is 29.1 Å². The predicted octanol–water partition coefficient (Wildman–Crippen LogP) is 2.84. The minimum atomic E-state index is -0.211. The molecule has 0 aliphatic carbocycles. The fraction of sp³-hybridized carbons (Fsp3) is 0.615. The van der Waals surface area contributed by atoms with Crippen LogP contribution in [-0.2, 0) is 6.54 Å². The van der Waals surface area contributed by atoms with Gasteiger partial charge in [-0.2, -0.15) is 5.26 Å². The normalized spacial score (nSPS) is 13.4. The van der Waals surface area contributed by atoms with Crippen LogP contribution < -0.4 is 5.73 Å². The average molecular weight is 219 g/mol. The second-order valence-corrected chi connectivity index (χ2v) is 5.07. The summed E-state index contributed by atoms with van der Waals surface area (Å²) in [4.78, 5) is 0. The lowest BCUT2D eigenvalue weighted by molar-refractivity contribution is 0.416. The number of nitriles is 1. The summed E-state index contributed by atoms with van der Waals surface area (Å²) in [5, 5.41) is 8.89. The number of nitrogens with two attached hydrogens (primary N) is 1. The smallest absolute Gasteiger partial charge is 0.0683 e. The molecule has 0 aliphatic rings. The summed E-state index contributed by atoms with van der Waals surface area (Å²) in [5.74, 6) is 0. The van der Waals surface area contributed by atoms with Crippen molar-refractivity contribution in [1.82, 2.24) is 4.57 Å². The van der Waals surface area contributed by atoms with Crippen LogP contribution in [0.3, 0.4) is 0 Å². The first-order valence-electron chi connectivity index (χ1n) is 5.77. The summed E-state index contributed by atoms with van der Waals surface area (Å²) >= 11 is 0. The van der Waals surface area contributed by atoms with Crippen LogP contribution in [0.2, 0.25) is 0 Å². The van der Waals surface area contributed by atoms with E-state index in [1.54, 1.807) is 0 Å². The molecule has 3 nitrogen and oxygen atoms in total. The highest BCUT2D eigenvalue weighted by atomic mass is 14.9. The van der Waals surface area contributed by atoms with E-state index in [9.17, 15) is 0 Å².